The Balaban J connectivity index is 1.96. The molecule has 1 saturated carbocycles. The van der Waals surface area contributed by atoms with Crippen molar-refractivity contribution in [1.82, 2.24) is 0 Å². The maximum Gasteiger partial charge on any atom is 0.120 e. The topological polar surface area (TPSA) is 40.9 Å². The molecular weight excluding hydrogens is 210 g/mol. The molecule has 0 radical (unpaired) electrons. The van der Waals surface area contributed by atoms with Crippen LogP contribution in [0.15, 0.2) is 24.3 Å². The van der Waals surface area contributed by atoms with Gasteiger partial charge in [0, 0.05) is 6.42 Å². The Morgan fingerprint density at radius 3 is 2.35 bits per heavy atom. The van der Waals surface area contributed by atoms with Gasteiger partial charge < -0.3 is 4.79 Å². The Kier molecular flexibility index (Phi) is 3.93. The molecule has 0 N–H and O–H groups in total. The molecule has 0 aliphatic heterocycles. The first-order chi connectivity index (χ1) is 8.33. The molecule has 88 valence electrons. The summed E-state index contributed by atoms with van der Waals surface area (Å²) in [5.74, 6) is 1.22. The van der Waals surface area contributed by atoms with Crippen LogP contribution in [0.1, 0.15) is 49.1 Å². The van der Waals surface area contributed by atoms with Crippen LogP contribution >= 0.6 is 0 Å². The predicted molar refractivity (Wildman–Crippen MR) is 66.5 cm³/mol. The molecule has 0 bridgehead atoms. The van der Waals surface area contributed by atoms with E-state index in [1.807, 2.05) is 12.1 Å². The van der Waals surface area contributed by atoms with E-state index >= 15 is 0 Å². The smallest absolute Gasteiger partial charge is 0.120 e. The molecule has 2 heteroatoms. The van der Waals surface area contributed by atoms with Crippen LogP contribution in [0, 0.1) is 17.2 Å². The molecule has 0 atom stereocenters. The molecule has 1 aliphatic rings. The van der Waals surface area contributed by atoms with Gasteiger partial charge in [-0.1, -0.05) is 12.1 Å². The summed E-state index contributed by atoms with van der Waals surface area (Å²) in [5.41, 5.74) is 2.07. The van der Waals surface area contributed by atoms with Crippen molar-refractivity contribution < 1.29 is 4.79 Å². The van der Waals surface area contributed by atoms with E-state index in [0.29, 0.717) is 11.8 Å². The number of hydrogen-bond donors (Lipinski definition) is 0. The summed E-state index contributed by atoms with van der Waals surface area (Å²) in [6, 6.07) is 10.1. The molecule has 2 nitrogen and oxygen atoms in total. The summed E-state index contributed by atoms with van der Waals surface area (Å²) in [4.78, 5) is 10.5. The highest BCUT2D eigenvalue weighted by molar-refractivity contribution is 5.49. The lowest BCUT2D eigenvalue weighted by Gasteiger charge is -2.27. The van der Waals surface area contributed by atoms with Crippen molar-refractivity contribution in [3.05, 3.63) is 35.4 Å². The number of nitrogens with zero attached hydrogens (tertiary/aromatic N) is 1. The van der Waals surface area contributed by atoms with E-state index in [9.17, 15) is 4.79 Å². The molecule has 0 saturated heterocycles. The fraction of sp³-hybridized carbons (Fsp3) is 0.467. The summed E-state index contributed by atoms with van der Waals surface area (Å²) >= 11 is 0. The second kappa shape index (κ2) is 5.63. The first kappa shape index (κ1) is 11.9. The summed E-state index contributed by atoms with van der Waals surface area (Å²) in [6.07, 6.45) is 6.43. The standard InChI is InChI=1S/C15H17NO/c16-11-13-3-7-15(8-4-13)14-5-1-12(2-6-14)9-10-17/h3-4,7-8,10,12,14H,1-2,5-6,9H2/t12-,14-. The van der Waals surface area contributed by atoms with Gasteiger partial charge in [-0.05, 0) is 55.2 Å². The zero-order chi connectivity index (χ0) is 12.1. The largest absolute Gasteiger partial charge is 0.303 e. The van der Waals surface area contributed by atoms with E-state index in [4.69, 9.17) is 5.26 Å². The van der Waals surface area contributed by atoms with Gasteiger partial charge in [-0.15, -0.1) is 0 Å². The summed E-state index contributed by atoms with van der Waals surface area (Å²) < 4.78 is 0. The molecule has 1 fully saturated rings. The Morgan fingerprint density at radius 1 is 1.18 bits per heavy atom. The van der Waals surface area contributed by atoms with E-state index in [1.165, 1.54) is 18.4 Å². The van der Waals surface area contributed by atoms with Crippen LogP contribution in [0.5, 0.6) is 0 Å². The van der Waals surface area contributed by atoms with Crippen molar-refractivity contribution in [2.75, 3.05) is 0 Å². The lowest BCUT2D eigenvalue weighted by molar-refractivity contribution is -0.108. The van der Waals surface area contributed by atoms with Crippen LogP contribution < -0.4 is 0 Å². The van der Waals surface area contributed by atoms with Gasteiger partial charge in [0.1, 0.15) is 6.29 Å². The Morgan fingerprint density at radius 2 is 1.82 bits per heavy atom. The van der Waals surface area contributed by atoms with Gasteiger partial charge >= 0.3 is 0 Å². The Hall–Kier alpha value is -1.62. The van der Waals surface area contributed by atoms with Gasteiger partial charge in [0.05, 0.1) is 11.6 Å². The SMILES string of the molecule is N#Cc1ccc([C@H]2CC[C@H](CC=O)CC2)cc1. The van der Waals surface area contributed by atoms with Crippen LogP contribution in [0.4, 0.5) is 0 Å². The molecule has 1 aromatic rings. The average molecular weight is 227 g/mol. The lowest BCUT2D eigenvalue weighted by atomic mass is 9.78. The van der Waals surface area contributed by atoms with Gasteiger partial charge in [-0.2, -0.15) is 5.26 Å². The molecule has 1 aromatic carbocycles. The molecule has 17 heavy (non-hydrogen) atoms. The molecule has 0 heterocycles. The van der Waals surface area contributed by atoms with Crippen LogP contribution in [-0.4, -0.2) is 6.29 Å². The van der Waals surface area contributed by atoms with E-state index in [2.05, 4.69) is 18.2 Å². The summed E-state index contributed by atoms with van der Waals surface area (Å²) in [7, 11) is 0. The van der Waals surface area contributed by atoms with Crippen LogP contribution in [-0.2, 0) is 4.79 Å². The van der Waals surface area contributed by atoms with E-state index in [0.717, 1.165) is 31.1 Å². The Bertz CT molecular complexity index is 408. The third kappa shape index (κ3) is 2.94. The maximum atomic E-state index is 10.5. The number of hydrogen-bond acceptors (Lipinski definition) is 2. The fourth-order valence-corrected chi connectivity index (χ4v) is 2.70. The van der Waals surface area contributed by atoms with Gasteiger partial charge in [-0.25, -0.2) is 0 Å². The zero-order valence-electron chi connectivity index (χ0n) is 9.93. The van der Waals surface area contributed by atoms with E-state index < -0.39 is 0 Å². The van der Waals surface area contributed by atoms with Gasteiger partial charge in [0.25, 0.3) is 0 Å². The minimum atomic E-state index is 0.599. The average Bonchev–Trinajstić information content (AvgIpc) is 2.40. The van der Waals surface area contributed by atoms with Crippen molar-refractivity contribution in [2.45, 2.75) is 38.0 Å². The molecular formula is C15H17NO. The maximum absolute atomic E-state index is 10.5. The molecule has 0 spiro atoms. The third-order valence-corrected chi connectivity index (χ3v) is 3.79. The number of nitriles is 1. The fourth-order valence-electron chi connectivity index (χ4n) is 2.70. The number of carbonyl (C=O) groups excluding carboxylic acids is 1. The number of rotatable bonds is 3. The highest BCUT2D eigenvalue weighted by Crippen LogP contribution is 2.36. The van der Waals surface area contributed by atoms with Crippen molar-refractivity contribution in [3.63, 3.8) is 0 Å². The third-order valence-electron chi connectivity index (χ3n) is 3.79. The lowest BCUT2D eigenvalue weighted by Crippen LogP contribution is -2.13. The minimum Gasteiger partial charge on any atom is -0.303 e. The number of benzene rings is 1. The summed E-state index contributed by atoms with van der Waals surface area (Å²) in [5, 5.41) is 8.75. The highest BCUT2D eigenvalue weighted by atomic mass is 16.1. The van der Waals surface area contributed by atoms with E-state index in [-0.39, 0.29) is 0 Å². The zero-order valence-corrected chi connectivity index (χ0v) is 9.93. The van der Waals surface area contributed by atoms with Crippen molar-refractivity contribution >= 4 is 6.29 Å². The highest BCUT2D eigenvalue weighted by Gasteiger charge is 2.21. The molecule has 1 aliphatic carbocycles. The van der Waals surface area contributed by atoms with Crippen LogP contribution in [0.2, 0.25) is 0 Å². The predicted octanol–water partition coefficient (Wildman–Crippen LogP) is 3.42. The second-order valence-corrected chi connectivity index (χ2v) is 4.85. The monoisotopic (exact) mass is 227 g/mol. The Labute approximate surface area is 102 Å². The molecule has 0 aromatic heterocycles. The number of carbonyl (C=O) groups is 1. The quantitative estimate of drug-likeness (QED) is 0.742. The first-order valence-corrected chi connectivity index (χ1v) is 6.27. The molecule has 2 rings (SSSR count). The van der Waals surface area contributed by atoms with Gasteiger partial charge in [0.2, 0.25) is 0 Å². The normalized spacial score (nSPS) is 23.9. The van der Waals surface area contributed by atoms with Crippen molar-refractivity contribution in [1.29, 1.82) is 5.26 Å². The molecule has 0 unspecified atom stereocenters. The molecule has 0 amide bonds. The minimum absolute atomic E-state index is 0.599. The van der Waals surface area contributed by atoms with Crippen LogP contribution in [0.25, 0.3) is 0 Å². The van der Waals surface area contributed by atoms with Crippen molar-refractivity contribution in [2.24, 2.45) is 5.92 Å². The van der Waals surface area contributed by atoms with Crippen molar-refractivity contribution in [3.8, 4) is 6.07 Å². The van der Waals surface area contributed by atoms with E-state index in [1.54, 1.807) is 0 Å². The van der Waals surface area contributed by atoms with Gasteiger partial charge in [-0.3, -0.25) is 0 Å². The first-order valence-electron chi connectivity index (χ1n) is 6.27. The second-order valence-electron chi connectivity index (χ2n) is 4.85. The summed E-state index contributed by atoms with van der Waals surface area (Å²) in [6.45, 7) is 0. The van der Waals surface area contributed by atoms with Gasteiger partial charge in [0.15, 0.2) is 0 Å². The number of aldehydes is 1. The van der Waals surface area contributed by atoms with Crippen LogP contribution in [0.3, 0.4) is 0 Å².